The SMILES string of the molecule is Cc1ccc([N+](=O)[O-])cc1NC(=O)C(OC(C)C)[C@H](N)CC1CCCCC1. The van der Waals surface area contributed by atoms with E-state index in [1.54, 1.807) is 13.0 Å². The highest BCUT2D eigenvalue weighted by atomic mass is 16.6. The summed E-state index contributed by atoms with van der Waals surface area (Å²) in [6.07, 6.45) is 5.80. The smallest absolute Gasteiger partial charge is 0.271 e. The molecule has 0 bridgehead atoms. The minimum atomic E-state index is -0.786. The van der Waals surface area contributed by atoms with Crippen LogP contribution in [-0.2, 0) is 9.53 Å². The summed E-state index contributed by atoms with van der Waals surface area (Å²) in [7, 11) is 0. The number of nitrogens with zero attached hydrogens (tertiary/aromatic N) is 1. The number of non-ortho nitro benzene ring substituents is 1. The Balaban J connectivity index is 2.11. The van der Waals surface area contributed by atoms with Gasteiger partial charge < -0.3 is 15.8 Å². The van der Waals surface area contributed by atoms with E-state index in [-0.39, 0.29) is 17.7 Å². The number of anilines is 1. The van der Waals surface area contributed by atoms with Gasteiger partial charge in [0.15, 0.2) is 6.10 Å². The quantitative estimate of drug-likeness (QED) is 0.527. The molecule has 3 N–H and O–H groups in total. The third-order valence-corrected chi connectivity index (χ3v) is 5.09. The molecule has 1 amide bonds. The van der Waals surface area contributed by atoms with Crippen LogP contribution in [0.3, 0.4) is 0 Å². The van der Waals surface area contributed by atoms with E-state index in [0.717, 1.165) is 24.8 Å². The fourth-order valence-corrected chi connectivity index (χ4v) is 3.64. The maximum Gasteiger partial charge on any atom is 0.271 e. The van der Waals surface area contributed by atoms with E-state index in [2.05, 4.69) is 5.32 Å². The van der Waals surface area contributed by atoms with Crippen LogP contribution in [0, 0.1) is 23.0 Å². The standard InChI is InChI=1S/C20H31N3O4/c1-13(2)27-19(17(21)11-15-7-5-4-6-8-15)20(24)22-18-12-16(23(25)26)10-9-14(18)3/h9-10,12-13,15,17,19H,4-8,11,21H2,1-3H3,(H,22,24)/t17-,19?/m1/s1. The lowest BCUT2D eigenvalue weighted by Crippen LogP contribution is -2.47. The van der Waals surface area contributed by atoms with Crippen LogP contribution in [0.15, 0.2) is 18.2 Å². The Morgan fingerprint density at radius 1 is 1.33 bits per heavy atom. The first-order valence-corrected chi connectivity index (χ1v) is 9.75. The number of carbonyl (C=O) groups excluding carboxylic acids is 1. The van der Waals surface area contributed by atoms with E-state index in [4.69, 9.17) is 10.5 Å². The summed E-state index contributed by atoms with van der Waals surface area (Å²) in [5.74, 6) is 0.176. The number of nitrogens with two attached hydrogens (primary N) is 1. The van der Waals surface area contributed by atoms with Crippen molar-refractivity contribution in [2.24, 2.45) is 11.7 Å². The predicted molar refractivity (Wildman–Crippen MR) is 106 cm³/mol. The molecular weight excluding hydrogens is 346 g/mol. The molecule has 0 aromatic heterocycles. The lowest BCUT2D eigenvalue weighted by molar-refractivity contribution is -0.384. The van der Waals surface area contributed by atoms with E-state index in [1.165, 1.54) is 31.4 Å². The van der Waals surface area contributed by atoms with Gasteiger partial charge in [-0.15, -0.1) is 0 Å². The van der Waals surface area contributed by atoms with Crippen LogP contribution in [-0.4, -0.2) is 29.1 Å². The molecule has 1 fully saturated rings. The van der Waals surface area contributed by atoms with Crippen LogP contribution >= 0.6 is 0 Å². The van der Waals surface area contributed by atoms with Crippen molar-refractivity contribution in [2.75, 3.05) is 5.32 Å². The number of carbonyl (C=O) groups is 1. The summed E-state index contributed by atoms with van der Waals surface area (Å²) in [4.78, 5) is 23.4. The molecule has 2 atom stereocenters. The molecule has 7 nitrogen and oxygen atoms in total. The number of nitrogens with one attached hydrogen (secondary N) is 1. The van der Waals surface area contributed by atoms with Crippen LogP contribution in [0.1, 0.15) is 57.9 Å². The second kappa shape index (κ2) is 9.80. The van der Waals surface area contributed by atoms with E-state index in [1.807, 2.05) is 13.8 Å². The second-order valence-corrected chi connectivity index (χ2v) is 7.75. The highest BCUT2D eigenvalue weighted by Crippen LogP contribution is 2.28. The maximum atomic E-state index is 12.9. The molecule has 1 aromatic rings. The number of hydrogen-bond acceptors (Lipinski definition) is 5. The third-order valence-electron chi connectivity index (χ3n) is 5.09. The third kappa shape index (κ3) is 6.29. The molecule has 0 spiro atoms. The average Bonchev–Trinajstić information content (AvgIpc) is 2.61. The normalized spacial score (nSPS) is 17.5. The molecule has 1 unspecified atom stereocenters. The summed E-state index contributed by atoms with van der Waals surface area (Å²) in [5.41, 5.74) is 7.47. The molecule has 2 rings (SSSR count). The van der Waals surface area contributed by atoms with Crippen molar-refractivity contribution in [3.05, 3.63) is 33.9 Å². The Bertz CT molecular complexity index is 657. The number of nitro benzene ring substituents is 1. The van der Waals surface area contributed by atoms with Crippen molar-refractivity contribution < 1.29 is 14.5 Å². The average molecular weight is 377 g/mol. The molecular formula is C20H31N3O4. The predicted octanol–water partition coefficient (Wildman–Crippen LogP) is 3.93. The first-order valence-electron chi connectivity index (χ1n) is 9.75. The summed E-state index contributed by atoms with van der Waals surface area (Å²) in [6, 6.07) is 4.00. The zero-order chi connectivity index (χ0) is 20.0. The first kappa shape index (κ1) is 21.3. The monoisotopic (exact) mass is 377 g/mol. The van der Waals surface area contributed by atoms with E-state index in [9.17, 15) is 14.9 Å². The molecule has 1 saturated carbocycles. The number of ether oxygens (including phenoxy) is 1. The number of nitro groups is 1. The second-order valence-electron chi connectivity index (χ2n) is 7.75. The van der Waals surface area contributed by atoms with Gasteiger partial charge in [-0.3, -0.25) is 14.9 Å². The van der Waals surface area contributed by atoms with Crippen molar-refractivity contribution >= 4 is 17.3 Å². The van der Waals surface area contributed by atoms with Gasteiger partial charge in [0.2, 0.25) is 0 Å². The highest BCUT2D eigenvalue weighted by Gasteiger charge is 2.30. The van der Waals surface area contributed by atoms with Crippen LogP contribution < -0.4 is 11.1 Å². The minimum absolute atomic E-state index is 0.0660. The van der Waals surface area contributed by atoms with Gasteiger partial charge in [0, 0.05) is 18.2 Å². The summed E-state index contributed by atoms with van der Waals surface area (Å²) < 4.78 is 5.83. The van der Waals surface area contributed by atoms with Crippen molar-refractivity contribution in [1.29, 1.82) is 0 Å². The Morgan fingerprint density at radius 3 is 2.59 bits per heavy atom. The van der Waals surface area contributed by atoms with Gasteiger partial charge in [0.25, 0.3) is 11.6 Å². The first-order chi connectivity index (χ1) is 12.8. The number of aryl methyl sites for hydroxylation is 1. The Kier molecular flexibility index (Phi) is 7.74. The van der Waals surface area contributed by atoms with Gasteiger partial charge in [-0.25, -0.2) is 0 Å². The largest absolute Gasteiger partial charge is 0.364 e. The van der Waals surface area contributed by atoms with Crippen molar-refractivity contribution in [3.63, 3.8) is 0 Å². The lowest BCUT2D eigenvalue weighted by atomic mass is 9.84. The highest BCUT2D eigenvalue weighted by molar-refractivity contribution is 5.95. The molecule has 1 aromatic carbocycles. The number of rotatable bonds is 8. The fraction of sp³-hybridized carbons (Fsp3) is 0.650. The van der Waals surface area contributed by atoms with E-state index < -0.39 is 17.1 Å². The molecule has 0 aliphatic heterocycles. The van der Waals surface area contributed by atoms with Gasteiger partial charge in [-0.1, -0.05) is 38.2 Å². The van der Waals surface area contributed by atoms with Crippen LogP contribution in [0.4, 0.5) is 11.4 Å². The van der Waals surface area contributed by atoms with Gasteiger partial charge in [-0.05, 0) is 38.7 Å². The Labute approximate surface area is 160 Å². The van der Waals surface area contributed by atoms with E-state index >= 15 is 0 Å². The van der Waals surface area contributed by atoms with Crippen molar-refractivity contribution in [2.45, 2.75) is 77.5 Å². The van der Waals surface area contributed by atoms with Crippen molar-refractivity contribution in [3.8, 4) is 0 Å². The molecule has 0 saturated heterocycles. The molecule has 0 heterocycles. The van der Waals surface area contributed by atoms with Crippen molar-refractivity contribution in [1.82, 2.24) is 0 Å². The Hall–Kier alpha value is -1.99. The van der Waals surface area contributed by atoms with Crippen LogP contribution in [0.25, 0.3) is 0 Å². The maximum absolute atomic E-state index is 12.9. The minimum Gasteiger partial charge on any atom is -0.364 e. The molecule has 0 radical (unpaired) electrons. The summed E-state index contributed by atoms with van der Waals surface area (Å²) in [5, 5.41) is 13.8. The number of hydrogen-bond donors (Lipinski definition) is 2. The van der Waals surface area contributed by atoms with Crippen LogP contribution in [0.2, 0.25) is 0 Å². The molecule has 7 heteroatoms. The van der Waals surface area contributed by atoms with Gasteiger partial charge >= 0.3 is 0 Å². The topological polar surface area (TPSA) is 107 Å². The van der Waals surface area contributed by atoms with Gasteiger partial charge in [-0.2, -0.15) is 0 Å². The number of amides is 1. The van der Waals surface area contributed by atoms with Crippen LogP contribution in [0.5, 0.6) is 0 Å². The number of benzene rings is 1. The Morgan fingerprint density at radius 2 is 2.00 bits per heavy atom. The van der Waals surface area contributed by atoms with Gasteiger partial charge in [0.05, 0.1) is 16.7 Å². The molecule has 1 aliphatic carbocycles. The molecule has 150 valence electrons. The lowest BCUT2D eigenvalue weighted by Gasteiger charge is -2.30. The summed E-state index contributed by atoms with van der Waals surface area (Å²) in [6.45, 7) is 5.53. The molecule has 1 aliphatic rings. The van der Waals surface area contributed by atoms with E-state index in [0.29, 0.717) is 11.6 Å². The zero-order valence-corrected chi connectivity index (χ0v) is 16.4. The summed E-state index contributed by atoms with van der Waals surface area (Å²) >= 11 is 0. The molecule has 27 heavy (non-hydrogen) atoms. The van der Waals surface area contributed by atoms with Gasteiger partial charge in [0.1, 0.15) is 0 Å². The fourth-order valence-electron chi connectivity index (χ4n) is 3.64. The zero-order valence-electron chi connectivity index (χ0n) is 16.4.